The summed E-state index contributed by atoms with van der Waals surface area (Å²) < 4.78 is 5.50. The molecule has 3 aliphatic heterocycles. The Bertz CT molecular complexity index is 920. The van der Waals surface area contributed by atoms with Crippen molar-refractivity contribution in [3.8, 4) is 5.75 Å². The van der Waals surface area contributed by atoms with Crippen LogP contribution in [0.1, 0.15) is 24.0 Å². The molecule has 2 unspecified atom stereocenters. The third-order valence-corrected chi connectivity index (χ3v) is 7.06. The Kier molecular flexibility index (Phi) is 5.05. The van der Waals surface area contributed by atoms with Crippen molar-refractivity contribution < 1.29 is 9.53 Å². The molecule has 2 aromatic carbocycles. The Morgan fingerprint density at radius 3 is 2.50 bits per heavy atom. The van der Waals surface area contributed by atoms with Crippen LogP contribution >= 0.6 is 0 Å². The van der Waals surface area contributed by atoms with Crippen molar-refractivity contribution in [1.82, 2.24) is 4.90 Å². The highest BCUT2D eigenvalue weighted by Gasteiger charge is 2.43. The summed E-state index contributed by atoms with van der Waals surface area (Å²) in [5.41, 5.74) is 5.05. The summed E-state index contributed by atoms with van der Waals surface area (Å²) >= 11 is 0. The molecule has 2 fully saturated rings. The maximum Gasteiger partial charge on any atom is 0.228 e. The second-order valence-electron chi connectivity index (χ2n) is 8.88. The molecule has 2 atom stereocenters. The molecule has 2 aromatic rings. The molecule has 158 valence electrons. The minimum atomic E-state index is 0.0113. The Labute approximate surface area is 179 Å². The van der Waals surface area contributed by atoms with Gasteiger partial charge in [0, 0.05) is 50.2 Å². The number of hydrogen-bond acceptors (Lipinski definition) is 4. The lowest BCUT2D eigenvalue weighted by atomic mass is 9.83. The first-order valence-electron chi connectivity index (χ1n) is 11.2. The lowest BCUT2D eigenvalue weighted by Crippen LogP contribution is -2.61. The molecule has 3 aliphatic rings. The number of carbonyl (C=O) groups is 1. The number of hydrogen-bond donors (Lipinski definition) is 0. The molecule has 5 rings (SSSR count). The van der Waals surface area contributed by atoms with Crippen molar-refractivity contribution in [2.45, 2.75) is 32.2 Å². The minimum absolute atomic E-state index is 0.0113. The number of anilines is 2. The average Bonchev–Trinajstić information content (AvgIpc) is 3.33. The molecule has 0 aromatic heterocycles. The fourth-order valence-electron chi connectivity index (χ4n) is 5.35. The predicted molar refractivity (Wildman–Crippen MR) is 121 cm³/mol. The largest absolute Gasteiger partial charge is 0.497 e. The van der Waals surface area contributed by atoms with Crippen LogP contribution in [0, 0.1) is 12.8 Å². The van der Waals surface area contributed by atoms with Crippen LogP contribution in [0.5, 0.6) is 5.75 Å². The zero-order valence-corrected chi connectivity index (χ0v) is 18.0. The number of piperazine rings is 1. The van der Waals surface area contributed by atoms with Crippen molar-refractivity contribution >= 4 is 17.3 Å². The summed E-state index contributed by atoms with van der Waals surface area (Å²) in [7, 11) is 1.72. The van der Waals surface area contributed by atoms with E-state index in [-0.39, 0.29) is 12.0 Å². The fourth-order valence-corrected chi connectivity index (χ4v) is 5.35. The highest BCUT2D eigenvalue weighted by Crippen LogP contribution is 2.39. The molecule has 3 heterocycles. The monoisotopic (exact) mass is 405 g/mol. The van der Waals surface area contributed by atoms with E-state index >= 15 is 0 Å². The molecule has 0 saturated carbocycles. The summed E-state index contributed by atoms with van der Waals surface area (Å²) in [5.74, 6) is 1.24. The number of likely N-dealkylation sites (tertiary alicyclic amines) is 1. The first-order valence-corrected chi connectivity index (χ1v) is 11.2. The first-order chi connectivity index (χ1) is 14.6. The molecule has 0 bridgehead atoms. The lowest BCUT2D eigenvalue weighted by molar-refractivity contribution is -0.135. The topological polar surface area (TPSA) is 36.0 Å². The van der Waals surface area contributed by atoms with Gasteiger partial charge in [0.15, 0.2) is 0 Å². The first kappa shape index (κ1) is 19.3. The van der Waals surface area contributed by atoms with E-state index in [0.717, 1.165) is 57.7 Å². The fraction of sp³-hybridized carbons (Fsp3) is 0.480. The van der Waals surface area contributed by atoms with Crippen molar-refractivity contribution in [3.63, 3.8) is 0 Å². The Hall–Kier alpha value is -2.69. The van der Waals surface area contributed by atoms with Crippen molar-refractivity contribution in [2.24, 2.45) is 5.92 Å². The molecule has 5 nitrogen and oxygen atoms in total. The van der Waals surface area contributed by atoms with Gasteiger partial charge in [-0.05, 0) is 49.9 Å². The van der Waals surface area contributed by atoms with Crippen LogP contribution in [0.15, 0.2) is 42.5 Å². The van der Waals surface area contributed by atoms with E-state index in [0.29, 0.717) is 5.91 Å². The molecule has 0 N–H and O–H groups in total. The smallest absolute Gasteiger partial charge is 0.228 e. The maximum atomic E-state index is 13.5. The highest BCUT2D eigenvalue weighted by atomic mass is 16.5. The van der Waals surface area contributed by atoms with E-state index in [9.17, 15) is 4.79 Å². The number of amides is 1. The molecule has 30 heavy (non-hydrogen) atoms. The van der Waals surface area contributed by atoms with E-state index < -0.39 is 0 Å². The second-order valence-corrected chi connectivity index (χ2v) is 8.88. The van der Waals surface area contributed by atoms with Gasteiger partial charge in [-0.2, -0.15) is 0 Å². The van der Waals surface area contributed by atoms with Crippen LogP contribution < -0.4 is 14.5 Å². The van der Waals surface area contributed by atoms with Gasteiger partial charge in [0.25, 0.3) is 0 Å². The summed E-state index contributed by atoms with van der Waals surface area (Å²) in [6.07, 6.45) is 3.09. The van der Waals surface area contributed by atoms with Gasteiger partial charge >= 0.3 is 0 Å². The van der Waals surface area contributed by atoms with Crippen molar-refractivity contribution in [1.29, 1.82) is 0 Å². The molecular formula is C25H31N3O2. The standard InChI is InChI=1S/C25H31N3O2/c1-18-5-8-20(9-6-18)27-13-14-28-23-16-21(30-2)10-7-19(23)15-22(24(28)17-27)25(29)26-11-3-4-12-26/h5-10,16,22,24H,3-4,11-15,17H2,1-2H3. The van der Waals surface area contributed by atoms with Gasteiger partial charge in [-0.1, -0.05) is 23.8 Å². The number of methoxy groups -OCH3 is 1. The van der Waals surface area contributed by atoms with Gasteiger partial charge in [-0.3, -0.25) is 4.79 Å². The van der Waals surface area contributed by atoms with Crippen LogP contribution in [-0.2, 0) is 11.2 Å². The van der Waals surface area contributed by atoms with Crippen LogP contribution in [-0.4, -0.2) is 56.7 Å². The van der Waals surface area contributed by atoms with Crippen molar-refractivity contribution in [3.05, 3.63) is 53.6 Å². The quantitative estimate of drug-likeness (QED) is 0.783. The number of carbonyl (C=O) groups excluding carboxylic acids is 1. The number of rotatable bonds is 3. The molecule has 0 spiro atoms. The van der Waals surface area contributed by atoms with E-state index in [1.54, 1.807) is 7.11 Å². The highest BCUT2D eigenvalue weighted by molar-refractivity contribution is 5.83. The number of aryl methyl sites for hydroxylation is 1. The number of fused-ring (bicyclic) bond motifs is 3. The van der Waals surface area contributed by atoms with Gasteiger partial charge in [0.05, 0.1) is 19.1 Å². The van der Waals surface area contributed by atoms with Gasteiger partial charge in [-0.15, -0.1) is 0 Å². The molecule has 0 aliphatic carbocycles. The molecule has 2 saturated heterocycles. The summed E-state index contributed by atoms with van der Waals surface area (Å²) in [6.45, 7) is 6.71. The minimum Gasteiger partial charge on any atom is -0.497 e. The molecular weight excluding hydrogens is 374 g/mol. The summed E-state index contributed by atoms with van der Waals surface area (Å²) in [4.78, 5) is 20.6. The van der Waals surface area contributed by atoms with Gasteiger partial charge < -0.3 is 19.4 Å². The lowest BCUT2D eigenvalue weighted by Gasteiger charge is -2.50. The normalized spacial score (nSPS) is 23.2. The Morgan fingerprint density at radius 1 is 1.00 bits per heavy atom. The predicted octanol–water partition coefficient (Wildman–Crippen LogP) is 3.49. The third kappa shape index (κ3) is 3.40. The number of ether oxygens (including phenoxy) is 1. The molecule has 5 heteroatoms. The Balaban J connectivity index is 1.48. The van der Waals surface area contributed by atoms with Crippen LogP contribution in [0.2, 0.25) is 0 Å². The number of nitrogens with zero attached hydrogens (tertiary/aromatic N) is 3. The Morgan fingerprint density at radius 2 is 1.77 bits per heavy atom. The maximum absolute atomic E-state index is 13.5. The molecule has 0 radical (unpaired) electrons. The van der Waals surface area contributed by atoms with Gasteiger partial charge in [-0.25, -0.2) is 0 Å². The zero-order chi connectivity index (χ0) is 20.7. The summed E-state index contributed by atoms with van der Waals surface area (Å²) in [5, 5.41) is 0. The third-order valence-electron chi connectivity index (χ3n) is 7.06. The van der Waals surface area contributed by atoms with Crippen molar-refractivity contribution in [2.75, 3.05) is 49.6 Å². The van der Waals surface area contributed by atoms with Crippen LogP contribution in [0.25, 0.3) is 0 Å². The SMILES string of the molecule is COc1ccc2c(c1)N1CCN(c3ccc(C)cc3)CC1C(C(=O)N1CCCC1)C2. The zero-order valence-electron chi connectivity index (χ0n) is 18.0. The van der Waals surface area contributed by atoms with E-state index in [4.69, 9.17) is 4.74 Å². The van der Waals surface area contributed by atoms with E-state index in [1.807, 2.05) is 6.07 Å². The summed E-state index contributed by atoms with van der Waals surface area (Å²) in [6, 6.07) is 15.3. The van der Waals surface area contributed by atoms with Crippen LogP contribution in [0.4, 0.5) is 11.4 Å². The van der Waals surface area contributed by atoms with Gasteiger partial charge in [0.2, 0.25) is 5.91 Å². The number of benzene rings is 2. The van der Waals surface area contributed by atoms with Gasteiger partial charge in [0.1, 0.15) is 5.75 Å². The molecule has 1 amide bonds. The van der Waals surface area contributed by atoms with Crippen LogP contribution in [0.3, 0.4) is 0 Å². The second kappa shape index (κ2) is 7.86. The van der Waals surface area contributed by atoms with E-state index in [2.05, 4.69) is 58.0 Å². The van der Waals surface area contributed by atoms with E-state index in [1.165, 1.54) is 22.5 Å². The average molecular weight is 406 g/mol.